The lowest BCUT2D eigenvalue weighted by Crippen LogP contribution is -2.40. The van der Waals surface area contributed by atoms with Gasteiger partial charge in [-0.15, -0.1) is 0 Å². The van der Waals surface area contributed by atoms with Crippen LogP contribution in [-0.2, 0) is 0 Å². The van der Waals surface area contributed by atoms with Crippen molar-refractivity contribution in [1.82, 2.24) is 5.32 Å². The molecule has 1 nitrogen and oxygen atoms in total. The molecular weight excluding hydrogens is 242 g/mol. The van der Waals surface area contributed by atoms with Crippen molar-refractivity contribution in [1.29, 1.82) is 0 Å². The van der Waals surface area contributed by atoms with Crippen molar-refractivity contribution in [3.05, 3.63) is 35.4 Å². The number of aryl methyl sites for hydroxylation is 1. The zero-order valence-electron chi connectivity index (χ0n) is 12.9. The number of hydrogen-bond acceptors (Lipinski definition) is 1. The van der Waals surface area contributed by atoms with Gasteiger partial charge in [0.15, 0.2) is 0 Å². The summed E-state index contributed by atoms with van der Waals surface area (Å²) in [5.74, 6) is 1.86. The molecule has 3 rings (SSSR count). The molecule has 2 saturated carbocycles. The molecule has 1 heteroatoms. The Bertz CT molecular complexity index is 414. The SMILES string of the molecule is Cc1ccccc1C1CC(NCCCC2CCCC2)C1. The summed E-state index contributed by atoms with van der Waals surface area (Å²) in [7, 11) is 0. The molecule has 0 saturated heterocycles. The Kier molecular flexibility index (Phi) is 4.77. The van der Waals surface area contributed by atoms with Crippen LogP contribution in [0.3, 0.4) is 0 Å². The fourth-order valence-electron chi connectivity index (χ4n) is 4.08. The van der Waals surface area contributed by atoms with Gasteiger partial charge < -0.3 is 5.32 Å². The summed E-state index contributed by atoms with van der Waals surface area (Å²) in [4.78, 5) is 0. The Balaban J connectivity index is 1.31. The second kappa shape index (κ2) is 6.76. The van der Waals surface area contributed by atoms with E-state index in [1.54, 1.807) is 5.56 Å². The molecule has 0 heterocycles. The topological polar surface area (TPSA) is 12.0 Å². The van der Waals surface area contributed by atoms with Crippen LogP contribution in [0.25, 0.3) is 0 Å². The standard InChI is InChI=1S/C19H29N/c1-15-7-2-5-11-19(15)17-13-18(14-17)20-12-6-10-16-8-3-4-9-16/h2,5,7,11,16-18,20H,3-4,6,8-10,12-14H2,1H3. The second-order valence-corrected chi connectivity index (χ2v) is 6.97. The minimum Gasteiger partial charge on any atom is -0.314 e. The first-order chi connectivity index (χ1) is 9.83. The first kappa shape index (κ1) is 14.1. The van der Waals surface area contributed by atoms with Gasteiger partial charge in [0.1, 0.15) is 0 Å². The van der Waals surface area contributed by atoms with Gasteiger partial charge in [-0.2, -0.15) is 0 Å². The average molecular weight is 271 g/mol. The first-order valence-electron chi connectivity index (χ1n) is 8.62. The van der Waals surface area contributed by atoms with Gasteiger partial charge in [0.2, 0.25) is 0 Å². The van der Waals surface area contributed by atoms with Gasteiger partial charge >= 0.3 is 0 Å². The van der Waals surface area contributed by atoms with Gasteiger partial charge in [-0.1, -0.05) is 49.9 Å². The Hall–Kier alpha value is -0.820. The van der Waals surface area contributed by atoms with Crippen molar-refractivity contribution in [3.8, 4) is 0 Å². The maximum atomic E-state index is 3.76. The monoisotopic (exact) mass is 271 g/mol. The third-order valence-corrected chi connectivity index (χ3v) is 5.46. The number of nitrogens with one attached hydrogen (secondary N) is 1. The van der Waals surface area contributed by atoms with Crippen LogP contribution in [0.5, 0.6) is 0 Å². The van der Waals surface area contributed by atoms with Crippen LogP contribution >= 0.6 is 0 Å². The molecule has 1 aromatic carbocycles. The third kappa shape index (κ3) is 3.44. The van der Waals surface area contributed by atoms with E-state index in [0.29, 0.717) is 0 Å². The molecule has 2 fully saturated rings. The summed E-state index contributed by atoms with van der Waals surface area (Å²) < 4.78 is 0. The normalized spacial score (nSPS) is 26.6. The predicted octanol–water partition coefficient (Wildman–Crippen LogP) is 4.80. The molecule has 0 aromatic heterocycles. The molecule has 0 atom stereocenters. The number of benzene rings is 1. The maximum absolute atomic E-state index is 3.76. The summed E-state index contributed by atoms with van der Waals surface area (Å²) in [5.41, 5.74) is 3.05. The number of hydrogen-bond donors (Lipinski definition) is 1. The van der Waals surface area contributed by atoms with Gasteiger partial charge in [0, 0.05) is 6.04 Å². The minimum atomic E-state index is 0.781. The Morgan fingerprint density at radius 1 is 1.10 bits per heavy atom. The van der Waals surface area contributed by atoms with Gasteiger partial charge in [-0.25, -0.2) is 0 Å². The van der Waals surface area contributed by atoms with Crippen molar-refractivity contribution in [2.24, 2.45) is 5.92 Å². The van der Waals surface area contributed by atoms with Gasteiger partial charge in [0.05, 0.1) is 0 Å². The molecule has 0 unspecified atom stereocenters. The summed E-state index contributed by atoms with van der Waals surface area (Å²) in [6.07, 6.45) is 11.5. The summed E-state index contributed by atoms with van der Waals surface area (Å²) in [5, 5.41) is 3.76. The molecule has 2 aliphatic rings. The van der Waals surface area contributed by atoms with E-state index in [4.69, 9.17) is 0 Å². The van der Waals surface area contributed by atoms with Crippen molar-refractivity contribution < 1.29 is 0 Å². The Morgan fingerprint density at radius 3 is 2.60 bits per heavy atom. The molecule has 1 aromatic rings. The molecule has 2 aliphatic carbocycles. The largest absolute Gasteiger partial charge is 0.314 e. The molecule has 0 spiro atoms. The van der Waals surface area contributed by atoms with E-state index in [1.807, 2.05) is 0 Å². The summed E-state index contributed by atoms with van der Waals surface area (Å²) >= 11 is 0. The molecule has 20 heavy (non-hydrogen) atoms. The maximum Gasteiger partial charge on any atom is 0.00787 e. The van der Waals surface area contributed by atoms with Crippen LogP contribution in [0, 0.1) is 12.8 Å². The first-order valence-corrected chi connectivity index (χ1v) is 8.62. The van der Waals surface area contributed by atoms with Crippen LogP contribution < -0.4 is 5.32 Å². The lowest BCUT2D eigenvalue weighted by molar-refractivity contribution is 0.286. The minimum absolute atomic E-state index is 0.781. The zero-order valence-corrected chi connectivity index (χ0v) is 12.9. The molecular formula is C19H29N. The smallest absolute Gasteiger partial charge is 0.00787 e. The van der Waals surface area contributed by atoms with Crippen LogP contribution in [0.2, 0.25) is 0 Å². The Labute approximate surface area is 124 Å². The van der Waals surface area contributed by atoms with Gasteiger partial charge in [-0.3, -0.25) is 0 Å². The average Bonchev–Trinajstić information content (AvgIpc) is 2.91. The lowest BCUT2D eigenvalue weighted by atomic mass is 9.74. The van der Waals surface area contributed by atoms with Crippen LogP contribution in [0.4, 0.5) is 0 Å². The number of rotatable bonds is 6. The van der Waals surface area contributed by atoms with E-state index in [2.05, 4.69) is 36.5 Å². The second-order valence-electron chi connectivity index (χ2n) is 6.97. The highest BCUT2D eigenvalue weighted by Gasteiger charge is 2.30. The van der Waals surface area contributed by atoms with E-state index in [-0.39, 0.29) is 0 Å². The highest BCUT2D eigenvalue weighted by molar-refractivity contribution is 5.31. The van der Waals surface area contributed by atoms with Crippen LogP contribution in [-0.4, -0.2) is 12.6 Å². The fourth-order valence-corrected chi connectivity index (χ4v) is 4.08. The third-order valence-electron chi connectivity index (χ3n) is 5.46. The van der Waals surface area contributed by atoms with Crippen LogP contribution in [0.15, 0.2) is 24.3 Å². The van der Waals surface area contributed by atoms with E-state index in [9.17, 15) is 0 Å². The molecule has 0 radical (unpaired) electrons. The summed E-state index contributed by atoms with van der Waals surface area (Å²) in [6, 6.07) is 9.68. The summed E-state index contributed by atoms with van der Waals surface area (Å²) in [6.45, 7) is 3.49. The molecule has 0 bridgehead atoms. The van der Waals surface area contributed by atoms with E-state index in [0.717, 1.165) is 17.9 Å². The molecule has 1 N–H and O–H groups in total. The fraction of sp³-hybridized carbons (Fsp3) is 0.684. The Morgan fingerprint density at radius 2 is 1.85 bits per heavy atom. The molecule has 0 amide bonds. The highest BCUT2D eigenvalue weighted by Crippen LogP contribution is 2.38. The van der Waals surface area contributed by atoms with Crippen molar-refractivity contribution >= 4 is 0 Å². The van der Waals surface area contributed by atoms with E-state index in [1.165, 1.54) is 63.5 Å². The lowest BCUT2D eigenvalue weighted by Gasteiger charge is -2.37. The van der Waals surface area contributed by atoms with Crippen molar-refractivity contribution in [2.75, 3.05) is 6.54 Å². The predicted molar refractivity (Wildman–Crippen MR) is 86.1 cm³/mol. The highest BCUT2D eigenvalue weighted by atomic mass is 14.9. The molecule has 0 aliphatic heterocycles. The van der Waals surface area contributed by atoms with Crippen molar-refractivity contribution in [2.45, 2.75) is 70.3 Å². The van der Waals surface area contributed by atoms with E-state index < -0.39 is 0 Å². The van der Waals surface area contributed by atoms with E-state index >= 15 is 0 Å². The quantitative estimate of drug-likeness (QED) is 0.733. The van der Waals surface area contributed by atoms with Gasteiger partial charge in [-0.05, 0) is 62.1 Å². The zero-order chi connectivity index (χ0) is 13.8. The molecule has 110 valence electrons. The van der Waals surface area contributed by atoms with Gasteiger partial charge in [0.25, 0.3) is 0 Å². The van der Waals surface area contributed by atoms with Crippen LogP contribution in [0.1, 0.15) is 68.4 Å². The van der Waals surface area contributed by atoms with Crippen molar-refractivity contribution in [3.63, 3.8) is 0 Å².